The van der Waals surface area contributed by atoms with Crippen LogP contribution in [0.4, 0.5) is 0 Å². The summed E-state index contributed by atoms with van der Waals surface area (Å²) >= 11 is 0. The molecule has 0 amide bonds. The summed E-state index contributed by atoms with van der Waals surface area (Å²) in [6, 6.07) is 2.33. The van der Waals surface area contributed by atoms with Gasteiger partial charge in [0, 0.05) is 17.3 Å². The smallest absolute Gasteiger partial charge is 0.0459 e. The van der Waals surface area contributed by atoms with E-state index >= 15 is 0 Å². The fourth-order valence-electron chi connectivity index (χ4n) is 2.20. The first-order valence-corrected chi connectivity index (χ1v) is 6.05. The third-order valence-electron chi connectivity index (χ3n) is 3.24. The molecular weight excluding hydrogens is 182 g/mol. The Bertz CT molecular complexity index is 347. The Morgan fingerprint density at radius 1 is 1.00 bits per heavy atom. The quantitative estimate of drug-likeness (QED) is 0.586. The maximum Gasteiger partial charge on any atom is 0.0459 e. The van der Waals surface area contributed by atoms with Gasteiger partial charge in [-0.15, -0.1) is 0 Å². The van der Waals surface area contributed by atoms with Crippen LogP contribution >= 0.6 is 0 Å². The van der Waals surface area contributed by atoms with Crippen molar-refractivity contribution in [1.29, 1.82) is 0 Å². The lowest BCUT2D eigenvalue weighted by atomic mass is 9.89. The van der Waals surface area contributed by atoms with Gasteiger partial charge in [0.15, 0.2) is 0 Å². The Morgan fingerprint density at radius 3 is 2.33 bits per heavy atom. The Morgan fingerprint density at radius 2 is 1.67 bits per heavy atom. The second kappa shape index (κ2) is 3.96. The topological polar surface area (TPSA) is 12.9 Å². The minimum absolute atomic E-state index is 0.182. The molecule has 0 N–H and O–H groups in total. The van der Waals surface area contributed by atoms with Gasteiger partial charge in [-0.05, 0) is 42.9 Å². The zero-order valence-electron chi connectivity index (χ0n) is 10.1. The fourth-order valence-corrected chi connectivity index (χ4v) is 2.20. The highest BCUT2D eigenvalue weighted by Gasteiger charge is 2.17. The molecule has 0 radical (unpaired) electrons. The molecular formula is C14H21N. The molecule has 0 bridgehead atoms. The molecule has 0 saturated heterocycles. The molecule has 0 atom stereocenters. The van der Waals surface area contributed by atoms with Crippen LogP contribution in [0.5, 0.6) is 0 Å². The minimum Gasteiger partial charge on any atom is -0.260 e. The van der Waals surface area contributed by atoms with Gasteiger partial charge < -0.3 is 0 Å². The third kappa shape index (κ3) is 2.39. The molecule has 0 aliphatic heterocycles. The van der Waals surface area contributed by atoms with E-state index in [9.17, 15) is 0 Å². The van der Waals surface area contributed by atoms with Crippen molar-refractivity contribution in [3.63, 3.8) is 0 Å². The van der Waals surface area contributed by atoms with Crippen LogP contribution in [0.15, 0.2) is 12.3 Å². The van der Waals surface area contributed by atoms with Crippen molar-refractivity contribution >= 4 is 0 Å². The highest BCUT2D eigenvalue weighted by Crippen LogP contribution is 2.25. The van der Waals surface area contributed by atoms with E-state index in [1.807, 2.05) is 0 Å². The average molecular weight is 203 g/mol. The predicted molar refractivity (Wildman–Crippen MR) is 64.2 cm³/mol. The van der Waals surface area contributed by atoms with Crippen LogP contribution in [-0.4, -0.2) is 4.98 Å². The van der Waals surface area contributed by atoms with E-state index in [0.717, 1.165) is 0 Å². The molecule has 1 heterocycles. The second-order valence-corrected chi connectivity index (χ2v) is 5.65. The van der Waals surface area contributed by atoms with Crippen LogP contribution in [0.1, 0.15) is 56.9 Å². The largest absolute Gasteiger partial charge is 0.260 e. The van der Waals surface area contributed by atoms with Gasteiger partial charge in [0.05, 0.1) is 0 Å². The lowest BCUT2D eigenvalue weighted by Crippen LogP contribution is -2.14. The minimum atomic E-state index is 0.182. The summed E-state index contributed by atoms with van der Waals surface area (Å²) in [5, 5.41) is 0. The highest BCUT2D eigenvalue weighted by atomic mass is 14.7. The summed E-state index contributed by atoms with van der Waals surface area (Å²) < 4.78 is 0. The van der Waals surface area contributed by atoms with E-state index in [4.69, 9.17) is 0 Å². The third-order valence-corrected chi connectivity index (χ3v) is 3.24. The monoisotopic (exact) mass is 203 g/mol. The summed E-state index contributed by atoms with van der Waals surface area (Å²) in [7, 11) is 0. The first-order chi connectivity index (χ1) is 7.07. The van der Waals surface area contributed by atoms with Crippen molar-refractivity contribution in [2.45, 2.75) is 58.3 Å². The molecule has 1 aromatic heterocycles. The molecule has 1 heteroatoms. The van der Waals surface area contributed by atoms with Crippen LogP contribution in [-0.2, 0) is 18.3 Å². The van der Waals surface area contributed by atoms with Gasteiger partial charge in [0.2, 0.25) is 0 Å². The SMILES string of the molecule is CC(C)(C)c1cc2c(cn1)CCCCC2. The molecule has 1 aliphatic carbocycles. The molecule has 1 aliphatic rings. The summed E-state index contributed by atoms with van der Waals surface area (Å²) in [6.45, 7) is 6.70. The van der Waals surface area contributed by atoms with Gasteiger partial charge in [-0.2, -0.15) is 0 Å². The second-order valence-electron chi connectivity index (χ2n) is 5.65. The molecule has 0 saturated carbocycles. The first-order valence-electron chi connectivity index (χ1n) is 6.05. The highest BCUT2D eigenvalue weighted by molar-refractivity contribution is 5.30. The van der Waals surface area contributed by atoms with Crippen LogP contribution in [0.3, 0.4) is 0 Å². The van der Waals surface area contributed by atoms with Gasteiger partial charge in [0.1, 0.15) is 0 Å². The molecule has 15 heavy (non-hydrogen) atoms. The standard InChI is InChI=1S/C14H21N/c1-14(2,3)13-9-11-7-5-4-6-8-12(11)10-15-13/h9-10H,4-8H2,1-3H3. The Labute approximate surface area is 92.9 Å². The molecule has 1 aromatic rings. The van der Waals surface area contributed by atoms with E-state index in [1.165, 1.54) is 43.4 Å². The zero-order valence-corrected chi connectivity index (χ0v) is 10.1. The molecule has 0 aromatic carbocycles. The van der Waals surface area contributed by atoms with Crippen LogP contribution < -0.4 is 0 Å². The van der Waals surface area contributed by atoms with Gasteiger partial charge in [-0.25, -0.2) is 0 Å². The summed E-state index contributed by atoms with van der Waals surface area (Å²) in [5.74, 6) is 0. The number of nitrogens with zero attached hydrogens (tertiary/aromatic N) is 1. The summed E-state index contributed by atoms with van der Waals surface area (Å²) in [6.07, 6.45) is 8.65. The summed E-state index contributed by atoms with van der Waals surface area (Å²) in [4.78, 5) is 4.60. The average Bonchev–Trinajstić information content (AvgIpc) is 2.39. The van der Waals surface area contributed by atoms with E-state index in [-0.39, 0.29) is 5.41 Å². The van der Waals surface area contributed by atoms with Gasteiger partial charge in [-0.3, -0.25) is 4.98 Å². The molecule has 1 nitrogen and oxygen atoms in total. The van der Waals surface area contributed by atoms with Crippen molar-refractivity contribution < 1.29 is 0 Å². The van der Waals surface area contributed by atoms with Crippen molar-refractivity contribution in [1.82, 2.24) is 4.98 Å². The predicted octanol–water partition coefficient (Wildman–Crippen LogP) is 3.65. The van der Waals surface area contributed by atoms with Crippen LogP contribution in [0.2, 0.25) is 0 Å². The van der Waals surface area contributed by atoms with E-state index in [0.29, 0.717) is 0 Å². The number of aryl methyl sites for hydroxylation is 2. The lowest BCUT2D eigenvalue weighted by Gasteiger charge is -2.19. The van der Waals surface area contributed by atoms with Crippen molar-refractivity contribution in [3.8, 4) is 0 Å². The number of hydrogen-bond acceptors (Lipinski definition) is 1. The van der Waals surface area contributed by atoms with Crippen molar-refractivity contribution in [2.24, 2.45) is 0 Å². The number of hydrogen-bond donors (Lipinski definition) is 0. The number of rotatable bonds is 0. The molecule has 0 spiro atoms. The number of aromatic nitrogens is 1. The lowest BCUT2D eigenvalue weighted by molar-refractivity contribution is 0.567. The van der Waals surface area contributed by atoms with E-state index in [1.54, 1.807) is 5.56 Å². The zero-order chi connectivity index (χ0) is 10.9. The fraction of sp³-hybridized carbons (Fsp3) is 0.643. The van der Waals surface area contributed by atoms with E-state index in [2.05, 4.69) is 38.0 Å². The molecule has 82 valence electrons. The molecule has 2 rings (SSSR count). The normalized spacial score (nSPS) is 17.0. The molecule has 0 unspecified atom stereocenters. The Balaban J connectivity index is 2.36. The Kier molecular flexibility index (Phi) is 2.81. The van der Waals surface area contributed by atoms with E-state index < -0.39 is 0 Å². The van der Waals surface area contributed by atoms with Crippen LogP contribution in [0.25, 0.3) is 0 Å². The Hall–Kier alpha value is -0.850. The van der Waals surface area contributed by atoms with Crippen molar-refractivity contribution in [3.05, 3.63) is 29.1 Å². The van der Waals surface area contributed by atoms with Gasteiger partial charge in [0.25, 0.3) is 0 Å². The maximum atomic E-state index is 4.60. The van der Waals surface area contributed by atoms with Crippen LogP contribution in [0, 0.1) is 0 Å². The van der Waals surface area contributed by atoms with Crippen molar-refractivity contribution in [2.75, 3.05) is 0 Å². The maximum absolute atomic E-state index is 4.60. The van der Waals surface area contributed by atoms with Gasteiger partial charge >= 0.3 is 0 Å². The number of pyridine rings is 1. The van der Waals surface area contributed by atoms with Gasteiger partial charge in [-0.1, -0.05) is 27.2 Å². The number of fused-ring (bicyclic) bond motifs is 1. The first kappa shape index (κ1) is 10.7. The summed E-state index contributed by atoms with van der Waals surface area (Å²) in [5.41, 5.74) is 4.46. The molecule has 0 fully saturated rings.